The van der Waals surface area contributed by atoms with Crippen LogP contribution < -0.4 is 10.2 Å². The first-order valence-electron chi connectivity index (χ1n) is 7.04. The zero-order valence-electron chi connectivity index (χ0n) is 12.7. The number of carbonyl (C=O) groups is 1. The number of nitrogens with zero attached hydrogens (tertiary/aromatic N) is 2. The minimum Gasteiger partial charge on any atom is -0.321 e. The van der Waals surface area contributed by atoms with E-state index in [-0.39, 0.29) is 23.2 Å². The topological polar surface area (TPSA) is 45.2 Å². The van der Waals surface area contributed by atoms with Gasteiger partial charge in [-0.25, -0.2) is 13.8 Å². The molecule has 3 rings (SSSR count). The van der Waals surface area contributed by atoms with E-state index in [0.717, 1.165) is 5.69 Å². The highest BCUT2D eigenvalue weighted by Gasteiger charge is 2.14. The molecular weight excluding hydrogens is 332 g/mol. The van der Waals surface area contributed by atoms with Gasteiger partial charge in [0.15, 0.2) is 5.13 Å². The summed E-state index contributed by atoms with van der Waals surface area (Å²) >= 11 is 1.30. The zero-order chi connectivity index (χ0) is 17.1. The Morgan fingerprint density at radius 1 is 1.04 bits per heavy atom. The van der Waals surface area contributed by atoms with Crippen LogP contribution in [-0.2, 0) is 0 Å². The molecule has 0 spiro atoms. The second kappa shape index (κ2) is 6.76. The van der Waals surface area contributed by atoms with E-state index in [0.29, 0.717) is 10.8 Å². The van der Waals surface area contributed by atoms with Crippen molar-refractivity contribution in [2.24, 2.45) is 0 Å². The fourth-order valence-electron chi connectivity index (χ4n) is 2.03. The van der Waals surface area contributed by atoms with E-state index in [1.165, 1.54) is 47.7 Å². The summed E-state index contributed by atoms with van der Waals surface area (Å²) in [7, 11) is 1.79. The van der Waals surface area contributed by atoms with Gasteiger partial charge < -0.3 is 10.2 Å². The molecule has 0 aliphatic rings. The molecule has 0 saturated carbocycles. The fraction of sp³-hybridized carbons (Fsp3) is 0.0588. The van der Waals surface area contributed by atoms with Crippen molar-refractivity contribution < 1.29 is 13.6 Å². The van der Waals surface area contributed by atoms with Gasteiger partial charge in [-0.3, -0.25) is 4.79 Å². The van der Waals surface area contributed by atoms with Gasteiger partial charge in [0.2, 0.25) is 0 Å². The quantitative estimate of drug-likeness (QED) is 0.760. The minimum absolute atomic E-state index is 0.258. The summed E-state index contributed by atoms with van der Waals surface area (Å²) in [5.74, 6) is -1.06. The molecule has 24 heavy (non-hydrogen) atoms. The third kappa shape index (κ3) is 3.57. The van der Waals surface area contributed by atoms with Crippen molar-refractivity contribution in [3.63, 3.8) is 0 Å². The molecule has 4 nitrogen and oxygen atoms in total. The summed E-state index contributed by atoms with van der Waals surface area (Å²) in [6.45, 7) is 0. The van der Waals surface area contributed by atoms with E-state index in [4.69, 9.17) is 0 Å². The van der Waals surface area contributed by atoms with Crippen LogP contribution in [0.25, 0.3) is 0 Å². The number of hydrogen-bond acceptors (Lipinski definition) is 4. The van der Waals surface area contributed by atoms with Crippen LogP contribution in [0.1, 0.15) is 10.5 Å². The summed E-state index contributed by atoms with van der Waals surface area (Å²) in [6, 6.07) is 11.5. The molecule has 0 atom stereocenters. The number of halogens is 2. The van der Waals surface area contributed by atoms with E-state index in [9.17, 15) is 13.6 Å². The van der Waals surface area contributed by atoms with Gasteiger partial charge in [0.1, 0.15) is 17.3 Å². The summed E-state index contributed by atoms with van der Waals surface area (Å²) < 4.78 is 25.9. The Balaban J connectivity index is 1.73. The average Bonchev–Trinajstić information content (AvgIpc) is 3.07. The second-order valence-corrected chi connectivity index (χ2v) is 5.85. The molecular formula is C17H13F2N3OS. The molecule has 0 radical (unpaired) electrons. The summed E-state index contributed by atoms with van der Waals surface area (Å²) in [4.78, 5) is 18.2. The molecule has 1 heterocycles. The second-order valence-electron chi connectivity index (χ2n) is 5.01. The molecule has 122 valence electrons. The third-order valence-corrected chi connectivity index (χ3v) is 4.24. The van der Waals surface area contributed by atoms with Gasteiger partial charge in [-0.15, -0.1) is 11.3 Å². The number of anilines is 3. The minimum atomic E-state index is -0.378. The van der Waals surface area contributed by atoms with E-state index in [1.54, 1.807) is 29.5 Å². The third-order valence-electron chi connectivity index (χ3n) is 3.33. The molecule has 0 unspecified atom stereocenters. The number of carbonyl (C=O) groups excluding carboxylic acids is 1. The predicted octanol–water partition coefficient (Wildman–Crippen LogP) is 4.44. The number of nitrogens with one attached hydrogen (secondary N) is 1. The van der Waals surface area contributed by atoms with Crippen LogP contribution in [0, 0.1) is 11.6 Å². The van der Waals surface area contributed by atoms with Crippen molar-refractivity contribution in [1.29, 1.82) is 0 Å². The van der Waals surface area contributed by atoms with E-state index in [2.05, 4.69) is 10.3 Å². The van der Waals surface area contributed by atoms with Gasteiger partial charge in [-0.1, -0.05) is 0 Å². The Morgan fingerprint density at radius 3 is 2.25 bits per heavy atom. The average molecular weight is 345 g/mol. The molecule has 1 aromatic heterocycles. The van der Waals surface area contributed by atoms with Gasteiger partial charge in [0.05, 0.1) is 0 Å². The normalized spacial score (nSPS) is 10.5. The van der Waals surface area contributed by atoms with Crippen LogP contribution in [0.3, 0.4) is 0 Å². The van der Waals surface area contributed by atoms with Crippen molar-refractivity contribution in [1.82, 2.24) is 4.98 Å². The molecule has 0 fully saturated rings. The fourth-order valence-corrected chi connectivity index (χ4v) is 2.82. The van der Waals surface area contributed by atoms with Crippen molar-refractivity contribution in [2.45, 2.75) is 0 Å². The number of amides is 1. The highest BCUT2D eigenvalue weighted by molar-refractivity contribution is 7.14. The van der Waals surface area contributed by atoms with Crippen LogP contribution in [-0.4, -0.2) is 17.9 Å². The zero-order valence-corrected chi connectivity index (χ0v) is 13.5. The van der Waals surface area contributed by atoms with E-state index < -0.39 is 0 Å². The van der Waals surface area contributed by atoms with Crippen LogP contribution in [0.4, 0.5) is 25.3 Å². The molecule has 0 bridgehead atoms. The van der Waals surface area contributed by atoms with Crippen molar-refractivity contribution in [2.75, 3.05) is 17.3 Å². The van der Waals surface area contributed by atoms with Crippen molar-refractivity contribution >= 4 is 33.8 Å². The standard InChI is InChI=1S/C17H13F2N3OS/c1-22(14-8-4-12(19)5-9-14)17-21-15(10-24-17)16(23)20-13-6-2-11(18)3-7-13/h2-10H,1H3,(H,20,23). The first kappa shape index (κ1) is 16.1. The molecule has 0 aliphatic carbocycles. The maximum atomic E-state index is 13.0. The van der Waals surface area contributed by atoms with Gasteiger partial charge in [-0.2, -0.15) is 0 Å². The van der Waals surface area contributed by atoms with Crippen LogP contribution in [0.15, 0.2) is 53.9 Å². The molecule has 1 amide bonds. The lowest BCUT2D eigenvalue weighted by molar-refractivity contribution is 0.102. The van der Waals surface area contributed by atoms with Crippen LogP contribution >= 0.6 is 11.3 Å². The highest BCUT2D eigenvalue weighted by atomic mass is 32.1. The number of thiazole rings is 1. The Hall–Kier alpha value is -2.80. The number of hydrogen-bond donors (Lipinski definition) is 1. The molecule has 7 heteroatoms. The lowest BCUT2D eigenvalue weighted by Crippen LogP contribution is -2.14. The number of rotatable bonds is 4. The Kier molecular flexibility index (Phi) is 4.52. The largest absolute Gasteiger partial charge is 0.321 e. The summed E-state index contributed by atoms with van der Waals surface area (Å²) in [5.41, 5.74) is 1.51. The highest BCUT2D eigenvalue weighted by Crippen LogP contribution is 2.27. The predicted molar refractivity (Wildman–Crippen MR) is 90.9 cm³/mol. The van der Waals surface area contributed by atoms with Gasteiger partial charge in [0.25, 0.3) is 5.91 Å². The summed E-state index contributed by atoms with van der Waals surface area (Å²) in [5, 5.41) is 4.89. The van der Waals surface area contributed by atoms with Crippen LogP contribution in [0.5, 0.6) is 0 Å². The lowest BCUT2D eigenvalue weighted by Gasteiger charge is -2.15. The van der Waals surface area contributed by atoms with Gasteiger partial charge in [0, 0.05) is 23.8 Å². The monoisotopic (exact) mass is 345 g/mol. The molecule has 3 aromatic rings. The van der Waals surface area contributed by atoms with E-state index >= 15 is 0 Å². The SMILES string of the molecule is CN(c1ccc(F)cc1)c1nc(C(=O)Nc2ccc(F)cc2)cs1. The van der Waals surface area contributed by atoms with Crippen LogP contribution in [0.2, 0.25) is 0 Å². The van der Waals surface area contributed by atoms with Crippen molar-refractivity contribution in [3.8, 4) is 0 Å². The lowest BCUT2D eigenvalue weighted by atomic mass is 10.3. The molecule has 0 saturated heterocycles. The van der Waals surface area contributed by atoms with Gasteiger partial charge in [-0.05, 0) is 48.5 Å². The maximum Gasteiger partial charge on any atom is 0.275 e. The smallest absolute Gasteiger partial charge is 0.275 e. The van der Waals surface area contributed by atoms with Gasteiger partial charge >= 0.3 is 0 Å². The maximum absolute atomic E-state index is 13.0. The first-order chi connectivity index (χ1) is 11.5. The summed E-state index contributed by atoms with van der Waals surface area (Å²) in [6.07, 6.45) is 0. The number of benzene rings is 2. The first-order valence-corrected chi connectivity index (χ1v) is 7.92. The molecule has 2 aromatic carbocycles. The van der Waals surface area contributed by atoms with E-state index in [1.807, 2.05) is 0 Å². The Labute approximate surface area is 141 Å². The van der Waals surface area contributed by atoms with Crippen molar-refractivity contribution in [3.05, 3.63) is 71.2 Å². The molecule has 1 N–H and O–H groups in total. The molecule has 0 aliphatic heterocycles. The number of aromatic nitrogens is 1. The Bertz CT molecular complexity index is 847. The Morgan fingerprint density at radius 2 is 1.62 bits per heavy atom.